The van der Waals surface area contributed by atoms with E-state index in [1.165, 1.54) is 13.2 Å². The lowest BCUT2D eigenvalue weighted by Crippen LogP contribution is -2.09. The van der Waals surface area contributed by atoms with Gasteiger partial charge in [0.2, 0.25) is 5.56 Å². The summed E-state index contributed by atoms with van der Waals surface area (Å²) in [7, 11) is 1.53. The quantitative estimate of drug-likeness (QED) is 0.731. The molecule has 0 amide bonds. The van der Waals surface area contributed by atoms with Crippen LogP contribution in [-0.2, 0) is 11.3 Å². The van der Waals surface area contributed by atoms with Crippen LogP contribution in [-0.4, -0.2) is 23.8 Å². The van der Waals surface area contributed by atoms with Gasteiger partial charge in [-0.25, -0.2) is 0 Å². The van der Waals surface area contributed by atoms with Crippen molar-refractivity contribution in [3.8, 4) is 5.75 Å². The maximum atomic E-state index is 11.7. The predicted molar refractivity (Wildman–Crippen MR) is 92.2 cm³/mol. The van der Waals surface area contributed by atoms with Crippen LogP contribution in [0.25, 0.3) is 10.9 Å². The summed E-state index contributed by atoms with van der Waals surface area (Å²) in [5, 5.41) is 11.0. The molecule has 0 aliphatic heterocycles. The first kappa shape index (κ1) is 16.2. The Balaban J connectivity index is 1.98. The zero-order valence-electron chi connectivity index (χ0n) is 13.4. The molecule has 1 heterocycles. The molecule has 24 heavy (non-hydrogen) atoms. The van der Waals surface area contributed by atoms with Crippen LogP contribution in [0, 0.1) is 0 Å². The summed E-state index contributed by atoms with van der Waals surface area (Å²) in [6.07, 6.45) is -0.772. The van der Waals surface area contributed by atoms with Crippen molar-refractivity contribution in [3.05, 3.63) is 76.1 Å². The smallest absolute Gasteiger partial charge is 0.248 e. The molecule has 0 bridgehead atoms. The summed E-state index contributed by atoms with van der Waals surface area (Å²) >= 11 is 0. The molecule has 3 rings (SSSR count). The average molecular weight is 325 g/mol. The number of ether oxygens (including phenoxy) is 2. The summed E-state index contributed by atoms with van der Waals surface area (Å²) in [4.78, 5) is 14.5. The Hall–Kier alpha value is -2.63. The van der Waals surface area contributed by atoms with E-state index in [0.717, 1.165) is 10.9 Å². The number of aromatic amines is 1. The SMILES string of the molecule is COCC(O)c1ccc(OCc2ccccc2)c2[nH]c(=O)ccc12. The minimum atomic E-state index is -0.772. The van der Waals surface area contributed by atoms with Crippen LogP contribution in [0.15, 0.2) is 59.4 Å². The number of aromatic nitrogens is 1. The topological polar surface area (TPSA) is 71.5 Å². The lowest BCUT2D eigenvalue weighted by Gasteiger charge is -2.15. The number of pyridine rings is 1. The molecule has 2 N–H and O–H groups in total. The minimum absolute atomic E-state index is 0.179. The van der Waals surface area contributed by atoms with E-state index in [2.05, 4.69) is 4.98 Å². The van der Waals surface area contributed by atoms with Crippen LogP contribution in [0.1, 0.15) is 17.2 Å². The average Bonchev–Trinajstić information content (AvgIpc) is 2.60. The molecule has 5 heteroatoms. The van der Waals surface area contributed by atoms with Gasteiger partial charge >= 0.3 is 0 Å². The molecule has 0 saturated heterocycles. The highest BCUT2D eigenvalue weighted by Gasteiger charge is 2.14. The molecule has 0 radical (unpaired) electrons. The van der Waals surface area contributed by atoms with Gasteiger partial charge in [0.25, 0.3) is 0 Å². The van der Waals surface area contributed by atoms with E-state index in [4.69, 9.17) is 9.47 Å². The van der Waals surface area contributed by atoms with Crippen molar-refractivity contribution in [2.45, 2.75) is 12.7 Å². The number of aliphatic hydroxyl groups excluding tert-OH is 1. The van der Waals surface area contributed by atoms with Crippen molar-refractivity contribution in [2.75, 3.05) is 13.7 Å². The molecule has 1 aromatic heterocycles. The first-order valence-corrected chi connectivity index (χ1v) is 7.68. The maximum absolute atomic E-state index is 11.7. The van der Waals surface area contributed by atoms with E-state index in [9.17, 15) is 9.90 Å². The zero-order valence-corrected chi connectivity index (χ0v) is 13.4. The normalized spacial score (nSPS) is 12.2. The van der Waals surface area contributed by atoms with E-state index in [-0.39, 0.29) is 12.2 Å². The molecular formula is C19H19NO4. The summed E-state index contributed by atoms with van der Waals surface area (Å²) in [6, 6.07) is 16.5. The molecule has 0 saturated carbocycles. The van der Waals surface area contributed by atoms with E-state index in [1.807, 2.05) is 30.3 Å². The number of rotatable bonds is 6. The van der Waals surface area contributed by atoms with Gasteiger partial charge in [0.1, 0.15) is 18.5 Å². The first-order valence-electron chi connectivity index (χ1n) is 7.68. The minimum Gasteiger partial charge on any atom is -0.487 e. The molecule has 5 nitrogen and oxygen atoms in total. The van der Waals surface area contributed by atoms with E-state index < -0.39 is 6.10 Å². The standard InChI is InChI=1S/C19H19NO4/c1-23-12-16(21)14-7-9-17(19-15(14)8-10-18(22)20-19)24-11-13-5-3-2-4-6-13/h2-10,16,21H,11-12H2,1H3,(H,20,22). The Morgan fingerprint density at radius 2 is 1.88 bits per heavy atom. The molecular weight excluding hydrogens is 306 g/mol. The van der Waals surface area contributed by atoms with Crippen molar-refractivity contribution in [1.82, 2.24) is 4.98 Å². The highest BCUT2D eigenvalue weighted by Crippen LogP contribution is 2.30. The molecule has 1 unspecified atom stereocenters. The van der Waals surface area contributed by atoms with Crippen LogP contribution in [0.5, 0.6) is 5.75 Å². The van der Waals surface area contributed by atoms with Gasteiger partial charge in [-0.15, -0.1) is 0 Å². The lowest BCUT2D eigenvalue weighted by molar-refractivity contribution is 0.0652. The third kappa shape index (κ3) is 3.48. The number of hydrogen-bond donors (Lipinski definition) is 2. The van der Waals surface area contributed by atoms with Crippen LogP contribution in [0.2, 0.25) is 0 Å². The second kappa shape index (κ2) is 7.29. The van der Waals surface area contributed by atoms with Crippen molar-refractivity contribution in [3.63, 3.8) is 0 Å². The lowest BCUT2D eigenvalue weighted by atomic mass is 10.0. The number of benzene rings is 2. The van der Waals surface area contributed by atoms with Gasteiger partial charge in [0.15, 0.2) is 0 Å². The monoisotopic (exact) mass is 325 g/mol. The molecule has 124 valence electrons. The molecule has 0 fully saturated rings. The fourth-order valence-electron chi connectivity index (χ4n) is 2.64. The molecule has 0 spiro atoms. The Morgan fingerprint density at radius 3 is 2.62 bits per heavy atom. The maximum Gasteiger partial charge on any atom is 0.248 e. The highest BCUT2D eigenvalue weighted by atomic mass is 16.5. The molecule has 0 aliphatic carbocycles. The number of hydrogen-bond acceptors (Lipinski definition) is 4. The number of fused-ring (bicyclic) bond motifs is 1. The van der Waals surface area contributed by atoms with Crippen molar-refractivity contribution < 1.29 is 14.6 Å². The zero-order chi connectivity index (χ0) is 16.9. The Kier molecular flexibility index (Phi) is 4.93. The fraction of sp³-hybridized carbons (Fsp3) is 0.211. The van der Waals surface area contributed by atoms with Crippen LogP contribution in [0.3, 0.4) is 0 Å². The largest absolute Gasteiger partial charge is 0.487 e. The highest BCUT2D eigenvalue weighted by molar-refractivity contribution is 5.87. The Labute approximate surface area is 139 Å². The van der Waals surface area contributed by atoms with Gasteiger partial charge in [-0.3, -0.25) is 4.79 Å². The second-order valence-corrected chi connectivity index (χ2v) is 5.51. The first-order chi connectivity index (χ1) is 11.7. The van der Waals surface area contributed by atoms with Crippen LogP contribution in [0.4, 0.5) is 0 Å². The van der Waals surface area contributed by atoms with E-state index in [0.29, 0.717) is 23.4 Å². The molecule has 0 aliphatic rings. The van der Waals surface area contributed by atoms with Gasteiger partial charge in [-0.1, -0.05) is 36.4 Å². The second-order valence-electron chi connectivity index (χ2n) is 5.51. The Bertz CT molecular complexity index is 873. The van der Waals surface area contributed by atoms with Gasteiger partial charge in [0.05, 0.1) is 12.1 Å². The van der Waals surface area contributed by atoms with Crippen LogP contribution < -0.4 is 10.3 Å². The van der Waals surface area contributed by atoms with Gasteiger partial charge < -0.3 is 19.6 Å². The number of aliphatic hydroxyl groups is 1. The van der Waals surface area contributed by atoms with Crippen molar-refractivity contribution in [2.24, 2.45) is 0 Å². The number of methoxy groups -OCH3 is 1. The number of nitrogens with one attached hydrogen (secondary N) is 1. The summed E-state index contributed by atoms with van der Waals surface area (Å²) in [6.45, 7) is 0.575. The van der Waals surface area contributed by atoms with Gasteiger partial charge in [0, 0.05) is 18.6 Å². The Morgan fingerprint density at radius 1 is 1.08 bits per heavy atom. The van der Waals surface area contributed by atoms with E-state index in [1.54, 1.807) is 18.2 Å². The molecule has 3 aromatic rings. The van der Waals surface area contributed by atoms with Crippen molar-refractivity contribution >= 4 is 10.9 Å². The summed E-state index contributed by atoms with van der Waals surface area (Å²) in [5.74, 6) is 0.569. The predicted octanol–water partition coefficient (Wildman–Crippen LogP) is 2.79. The third-order valence-electron chi connectivity index (χ3n) is 3.81. The molecule has 1 atom stereocenters. The van der Waals surface area contributed by atoms with Gasteiger partial charge in [-0.05, 0) is 23.3 Å². The summed E-state index contributed by atoms with van der Waals surface area (Å²) < 4.78 is 10.9. The third-order valence-corrected chi connectivity index (χ3v) is 3.81. The number of H-pyrrole nitrogens is 1. The van der Waals surface area contributed by atoms with Crippen LogP contribution >= 0.6 is 0 Å². The fourth-order valence-corrected chi connectivity index (χ4v) is 2.64. The molecule has 2 aromatic carbocycles. The summed E-state index contributed by atoms with van der Waals surface area (Å²) in [5.41, 5.74) is 2.08. The van der Waals surface area contributed by atoms with Gasteiger partial charge in [-0.2, -0.15) is 0 Å². The van der Waals surface area contributed by atoms with E-state index >= 15 is 0 Å². The van der Waals surface area contributed by atoms with Crippen molar-refractivity contribution in [1.29, 1.82) is 0 Å².